The minimum Gasteiger partial charge on any atom is -0.394 e. The van der Waals surface area contributed by atoms with Crippen LogP contribution in [-0.4, -0.2) is 16.0 Å². The van der Waals surface area contributed by atoms with E-state index in [1.165, 1.54) is 0 Å². The SMILES string of the molecule is CCCC(C)Nc1nc(Cl)nc(C)c1N. The number of aromatic nitrogens is 2. The van der Waals surface area contributed by atoms with E-state index in [0.29, 0.717) is 23.2 Å². The van der Waals surface area contributed by atoms with Gasteiger partial charge < -0.3 is 11.1 Å². The number of hydrogen-bond acceptors (Lipinski definition) is 4. The molecule has 1 heterocycles. The van der Waals surface area contributed by atoms with E-state index in [1.54, 1.807) is 0 Å². The highest BCUT2D eigenvalue weighted by atomic mass is 35.5. The average molecular weight is 229 g/mol. The monoisotopic (exact) mass is 228 g/mol. The van der Waals surface area contributed by atoms with Crippen LogP contribution in [0.25, 0.3) is 0 Å². The fourth-order valence-corrected chi connectivity index (χ4v) is 1.61. The van der Waals surface area contributed by atoms with E-state index >= 15 is 0 Å². The van der Waals surface area contributed by atoms with Crippen LogP contribution in [-0.2, 0) is 0 Å². The van der Waals surface area contributed by atoms with Gasteiger partial charge in [-0.05, 0) is 31.9 Å². The minimum absolute atomic E-state index is 0.230. The van der Waals surface area contributed by atoms with Crippen LogP contribution in [0.1, 0.15) is 32.4 Å². The molecule has 0 spiro atoms. The molecule has 0 saturated carbocycles. The molecule has 1 unspecified atom stereocenters. The summed E-state index contributed by atoms with van der Waals surface area (Å²) < 4.78 is 0. The van der Waals surface area contributed by atoms with Crippen molar-refractivity contribution in [1.29, 1.82) is 0 Å². The second-order valence-electron chi connectivity index (χ2n) is 3.67. The van der Waals surface area contributed by atoms with Crippen LogP contribution in [0, 0.1) is 6.92 Å². The lowest BCUT2D eigenvalue weighted by molar-refractivity contribution is 0.687. The Balaban J connectivity index is 2.84. The predicted octanol–water partition coefficient (Wildman–Crippen LogP) is 2.62. The number of nitrogens with one attached hydrogen (secondary N) is 1. The second kappa shape index (κ2) is 5.16. The highest BCUT2D eigenvalue weighted by molar-refractivity contribution is 6.28. The van der Waals surface area contributed by atoms with E-state index in [4.69, 9.17) is 17.3 Å². The Labute approximate surface area is 95.3 Å². The summed E-state index contributed by atoms with van der Waals surface area (Å²) in [6.07, 6.45) is 2.19. The summed E-state index contributed by atoms with van der Waals surface area (Å²) in [6.45, 7) is 6.05. The summed E-state index contributed by atoms with van der Waals surface area (Å²) in [6, 6.07) is 0.336. The van der Waals surface area contributed by atoms with E-state index in [9.17, 15) is 0 Å². The van der Waals surface area contributed by atoms with Crippen LogP contribution >= 0.6 is 11.6 Å². The third-order valence-electron chi connectivity index (χ3n) is 2.21. The maximum atomic E-state index is 5.85. The molecule has 84 valence electrons. The molecule has 4 nitrogen and oxygen atoms in total. The molecule has 0 aliphatic heterocycles. The Morgan fingerprint density at radius 2 is 2.13 bits per heavy atom. The third kappa shape index (κ3) is 3.23. The zero-order valence-electron chi connectivity index (χ0n) is 9.34. The lowest BCUT2D eigenvalue weighted by Crippen LogP contribution is -2.17. The van der Waals surface area contributed by atoms with Gasteiger partial charge in [0.05, 0.1) is 11.4 Å². The van der Waals surface area contributed by atoms with Crippen LogP contribution in [0.3, 0.4) is 0 Å². The second-order valence-corrected chi connectivity index (χ2v) is 4.01. The highest BCUT2D eigenvalue weighted by Gasteiger charge is 2.09. The summed E-state index contributed by atoms with van der Waals surface area (Å²) in [5.74, 6) is 0.633. The van der Waals surface area contributed by atoms with Gasteiger partial charge in [-0.2, -0.15) is 4.98 Å². The van der Waals surface area contributed by atoms with Crippen LogP contribution in [0.15, 0.2) is 0 Å². The molecule has 0 aliphatic rings. The molecule has 15 heavy (non-hydrogen) atoms. The molecular formula is C10H17ClN4. The molecule has 0 radical (unpaired) electrons. The van der Waals surface area contributed by atoms with Crippen molar-refractivity contribution in [3.05, 3.63) is 11.0 Å². The van der Waals surface area contributed by atoms with Crippen molar-refractivity contribution < 1.29 is 0 Å². The molecule has 1 aromatic rings. The van der Waals surface area contributed by atoms with Crippen molar-refractivity contribution in [2.75, 3.05) is 11.1 Å². The largest absolute Gasteiger partial charge is 0.394 e. The average Bonchev–Trinajstić information content (AvgIpc) is 2.13. The first-order valence-corrected chi connectivity index (χ1v) is 5.48. The maximum absolute atomic E-state index is 5.85. The first-order valence-electron chi connectivity index (χ1n) is 5.10. The molecule has 5 heteroatoms. The molecule has 1 aromatic heterocycles. The zero-order valence-corrected chi connectivity index (χ0v) is 10.1. The van der Waals surface area contributed by atoms with Gasteiger partial charge in [0.2, 0.25) is 5.28 Å². The normalized spacial score (nSPS) is 12.5. The van der Waals surface area contributed by atoms with Crippen molar-refractivity contribution in [1.82, 2.24) is 9.97 Å². The van der Waals surface area contributed by atoms with Crippen LogP contribution in [0.5, 0.6) is 0 Å². The number of nitrogens with two attached hydrogens (primary N) is 1. The molecule has 3 N–H and O–H groups in total. The van der Waals surface area contributed by atoms with E-state index in [0.717, 1.165) is 12.8 Å². The molecule has 0 aliphatic carbocycles. The van der Waals surface area contributed by atoms with Crippen molar-refractivity contribution >= 4 is 23.1 Å². The lowest BCUT2D eigenvalue weighted by Gasteiger charge is -2.15. The number of halogens is 1. The van der Waals surface area contributed by atoms with Crippen LogP contribution in [0.2, 0.25) is 5.28 Å². The standard InChI is InChI=1S/C10H17ClN4/c1-4-5-6(2)13-9-8(12)7(3)14-10(11)15-9/h6H,4-5,12H2,1-3H3,(H,13,14,15). The summed E-state index contributed by atoms with van der Waals surface area (Å²) in [5, 5.41) is 3.46. The van der Waals surface area contributed by atoms with Crippen molar-refractivity contribution in [2.45, 2.75) is 39.7 Å². The minimum atomic E-state index is 0.230. The van der Waals surface area contributed by atoms with Gasteiger partial charge in [-0.3, -0.25) is 0 Å². The van der Waals surface area contributed by atoms with Gasteiger partial charge in [0.15, 0.2) is 5.82 Å². The quantitative estimate of drug-likeness (QED) is 0.778. The Hall–Kier alpha value is -1.03. The molecule has 1 atom stereocenters. The van der Waals surface area contributed by atoms with E-state index < -0.39 is 0 Å². The Morgan fingerprint density at radius 1 is 1.47 bits per heavy atom. The van der Waals surface area contributed by atoms with Gasteiger partial charge in [0, 0.05) is 6.04 Å². The first-order chi connectivity index (χ1) is 7.04. The zero-order chi connectivity index (χ0) is 11.4. The number of nitrogen functional groups attached to an aromatic ring is 1. The number of hydrogen-bond donors (Lipinski definition) is 2. The molecule has 0 fully saturated rings. The van der Waals surface area contributed by atoms with Crippen molar-refractivity contribution in [3.8, 4) is 0 Å². The van der Waals surface area contributed by atoms with Crippen LogP contribution < -0.4 is 11.1 Å². The Morgan fingerprint density at radius 3 is 2.73 bits per heavy atom. The molecule has 0 amide bonds. The van der Waals surface area contributed by atoms with Gasteiger partial charge in [0.1, 0.15) is 0 Å². The fourth-order valence-electron chi connectivity index (χ4n) is 1.40. The van der Waals surface area contributed by atoms with Crippen molar-refractivity contribution in [2.24, 2.45) is 0 Å². The van der Waals surface area contributed by atoms with Crippen LogP contribution in [0.4, 0.5) is 11.5 Å². The van der Waals surface area contributed by atoms with E-state index in [2.05, 4.69) is 29.1 Å². The molecular weight excluding hydrogens is 212 g/mol. The summed E-state index contributed by atoms with van der Waals surface area (Å²) in [7, 11) is 0. The van der Waals surface area contributed by atoms with Gasteiger partial charge in [0.25, 0.3) is 0 Å². The smallest absolute Gasteiger partial charge is 0.224 e. The molecule has 0 bridgehead atoms. The predicted molar refractivity (Wildman–Crippen MR) is 64.2 cm³/mol. The van der Waals surface area contributed by atoms with Gasteiger partial charge >= 0.3 is 0 Å². The maximum Gasteiger partial charge on any atom is 0.224 e. The van der Waals surface area contributed by atoms with Crippen molar-refractivity contribution in [3.63, 3.8) is 0 Å². The Kier molecular flexibility index (Phi) is 4.15. The highest BCUT2D eigenvalue weighted by Crippen LogP contribution is 2.21. The van der Waals surface area contributed by atoms with Gasteiger partial charge in [-0.25, -0.2) is 4.98 Å². The summed E-state index contributed by atoms with van der Waals surface area (Å²) >= 11 is 5.76. The van der Waals surface area contributed by atoms with E-state index in [1.807, 2.05) is 6.92 Å². The number of anilines is 2. The number of aryl methyl sites for hydroxylation is 1. The number of nitrogens with zero attached hydrogens (tertiary/aromatic N) is 2. The molecule has 0 aromatic carbocycles. The topological polar surface area (TPSA) is 63.8 Å². The van der Waals surface area contributed by atoms with Gasteiger partial charge in [-0.15, -0.1) is 0 Å². The number of rotatable bonds is 4. The lowest BCUT2D eigenvalue weighted by atomic mass is 10.2. The summed E-state index contributed by atoms with van der Waals surface area (Å²) in [5.41, 5.74) is 7.13. The Bertz CT molecular complexity index is 340. The molecule has 0 saturated heterocycles. The first kappa shape index (κ1) is 12.0. The fraction of sp³-hybridized carbons (Fsp3) is 0.600. The molecule has 1 rings (SSSR count). The van der Waals surface area contributed by atoms with E-state index in [-0.39, 0.29) is 5.28 Å². The van der Waals surface area contributed by atoms with Gasteiger partial charge in [-0.1, -0.05) is 13.3 Å². The third-order valence-corrected chi connectivity index (χ3v) is 2.38. The summed E-state index contributed by atoms with van der Waals surface area (Å²) in [4.78, 5) is 8.05.